The number of fused-ring (bicyclic) bond motifs is 1. The van der Waals surface area contributed by atoms with Crippen LogP contribution in [0.3, 0.4) is 0 Å². The Morgan fingerprint density at radius 3 is 2.78 bits per heavy atom. The molecule has 0 aromatic heterocycles. The average Bonchev–Trinajstić information content (AvgIpc) is 2.68. The van der Waals surface area contributed by atoms with Crippen LogP contribution in [-0.2, 0) is 19.2 Å². The maximum Gasteiger partial charge on any atom is 0.265 e. The molecule has 0 bridgehead atoms. The van der Waals surface area contributed by atoms with Crippen LogP contribution in [0.15, 0.2) is 24.3 Å². The fourth-order valence-corrected chi connectivity index (χ4v) is 3.22. The molecule has 1 saturated heterocycles. The molecule has 1 aromatic carbocycles. The lowest BCUT2D eigenvalue weighted by Gasteiger charge is -2.31. The number of para-hydroxylation sites is 2. The van der Waals surface area contributed by atoms with Gasteiger partial charge in [0.25, 0.3) is 11.8 Å². The summed E-state index contributed by atoms with van der Waals surface area (Å²) < 4.78 is 5.33. The molecule has 0 saturated carbocycles. The van der Waals surface area contributed by atoms with Crippen LogP contribution in [0.5, 0.6) is 5.75 Å². The van der Waals surface area contributed by atoms with Gasteiger partial charge in [-0.3, -0.25) is 34.9 Å². The Morgan fingerprint density at radius 2 is 2.00 bits per heavy atom. The number of carbonyl (C=O) groups excluding carboxylic acids is 4. The highest BCUT2D eigenvalue weighted by atomic mass is 16.5. The predicted molar refractivity (Wildman–Crippen MR) is 95.6 cm³/mol. The van der Waals surface area contributed by atoms with Crippen LogP contribution >= 0.6 is 0 Å². The zero-order valence-electron chi connectivity index (χ0n) is 15.1. The number of rotatable bonds is 3. The van der Waals surface area contributed by atoms with E-state index in [1.54, 1.807) is 29.2 Å². The second kappa shape index (κ2) is 8.07. The van der Waals surface area contributed by atoms with Gasteiger partial charge < -0.3 is 9.64 Å². The number of ether oxygens (including phenoxy) is 1. The topological polar surface area (TPSA) is 108 Å². The molecule has 2 aliphatic rings. The number of hydrogen-bond donors (Lipinski definition) is 2. The molecule has 0 spiro atoms. The quantitative estimate of drug-likeness (QED) is 0.714. The molecule has 1 fully saturated rings. The van der Waals surface area contributed by atoms with Crippen molar-refractivity contribution in [3.63, 3.8) is 0 Å². The van der Waals surface area contributed by atoms with Crippen LogP contribution < -0.4 is 20.5 Å². The number of likely N-dealkylation sites (tertiary alicyclic amines) is 1. The Bertz CT molecular complexity index is 766. The van der Waals surface area contributed by atoms with Crippen molar-refractivity contribution in [1.82, 2.24) is 15.8 Å². The Kier molecular flexibility index (Phi) is 5.58. The van der Waals surface area contributed by atoms with Gasteiger partial charge in [-0.2, -0.15) is 0 Å². The van der Waals surface area contributed by atoms with E-state index in [2.05, 4.69) is 10.9 Å². The number of nitrogens with one attached hydrogen (secondary N) is 2. The summed E-state index contributed by atoms with van der Waals surface area (Å²) >= 11 is 0. The maximum absolute atomic E-state index is 12.3. The standard InChI is InChI=1S/C18H22N4O5/c1-12(23)21-8-4-5-13(9-21)18(26)20-19-16(24)10-22-14-6-2-3-7-15(14)27-11-17(22)25/h2-3,6-7,13H,4-5,8-11H2,1H3,(H,19,24)(H,20,26)/t13-/m0/s1. The summed E-state index contributed by atoms with van der Waals surface area (Å²) in [5.74, 6) is -1.11. The molecule has 2 N–H and O–H groups in total. The molecule has 2 aliphatic heterocycles. The van der Waals surface area contributed by atoms with Gasteiger partial charge in [-0.1, -0.05) is 12.1 Å². The minimum Gasteiger partial charge on any atom is -0.482 e. The van der Waals surface area contributed by atoms with Crippen LogP contribution in [0, 0.1) is 5.92 Å². The molecule has 0 radical (unpaired) electrons. The Balaban J connectivity index is 1.53. The van der Waals surface area contributed by atoms with E-state index < -0.39 is 5.91 Å². The van der Waals surface area contributed by atoms with Crippen LogP contribution in [-0.4, -0.2) is 54.8 Å². The number of hydrogen-bond acceptors (Lipinski definition) is 5. The van der Waals surface area contributed by atoms with Gasteiger partial charge in [-0.25, -0.2) is 0 Å². The van der Waals surface area contributed by atoms with Crippen molar-refractivity contribution in [1.29, 1.82) is 0 Å². The van der Waals surface area contributed by atoms with Crippen molar-refractivity contribution in [2.45, 2.75) is 19.8 Å². The summed E-state index contributed by atoms with van der Waals surface area (Å²) in [7, 11) is 0. The Morgan fingerprint density at radius 1 is 1.22 bits per heavy atom. The minimum absolute atomic E-state index is 0.0685. The second-order valence-electron chi connectivity index (χ2n) is 6.58. The summed E-state index contributed by atoms with van der Waals surface area (Å²) in [4.78, 5) is 50.9. The first-order valence-electron chi connectivity index (χ1n) is 8.82. The van der Waals surface area contributed by atoms with Crippen molar-refractivity contribution in [2.75, 3.05) is 31.1 Å². The van der Waals surface area contributed by atoms with Gasteiger partial charge in [0.1, 0.15) is 12.3 Å². The number of piperidine rings is 1. The fraction of sp³-hybridized carbons (Fsp3) is 0.444. The zero-order valence-corrected chi connectivity index (χ0v) is 15.1. The molecular formula is C18H22N4O5. The van der Waals surface area contributed by atoms with Crippen LogP contribution in [0.1, 0.15) is 19.8 Å². The molecular weight excluding hydrogens is 352 g/mol. The van der Waals surface area contributed by atoms with E-state index in [-0.39, 0.29) is 36.8 Å². The zero-order chi connectivity index (χ0) is 19.4. The molecule has 27 heavy (non-hydrogen) atoms. The number of hydrazine groups is 1. The van der Waals surface area contributed by atoms with Crippen LogP contribution in [0.25, 0.3) is 0 Å². The van der Waals surface area contributed by atoms with E-state index in [1.165, 1.54) is 11.8 Å². The van der Waals surface area contributed by atoms with E-state index in [0.29, 0.717) is 30.9 Å². The Labute approximate surface area is 156 Å². The molecule has 0 unspecified atom stereocenters. The summed E-state index contributed by atoms with van der Waals surface area (Å²) in [6.07, 6.45) is 1.39. The summed E-state index contributed by atoms with van der Waals surface area (Å²) in [6, 6.07) is 6.94. The lowest BCUT2D eigenvalue weighted by molar-refractivity contribution is -0.136. The molecule has 4 amide bonds. The van der Waals surface area contributed by atoms with E-state index in [9.17, 15) is 19.2 Å². The smallest absolute Gasteiger partial charge is 0.265 e. The molecule has 2 heterocycles. The molecule has 1 aromatic rings. The lowest BCUT2D eigenvalue weighted by Crippen LogP contribution is -2.52. The fourth-order valence-electron chi connectivity index (χ4n) is 3.22. The summed E-state index contributed by atoms with van der Waals surface area (Å²) in [5.41, 5.74) is 5.25. The molecule has 3 rings (SSSR count). The average molecular weight is 374 g/mol. The predicted octanol–water partition coefficient (Wildman–Crippen LogP) is -0.182. The third-order valence-corrected chi connectivity index (χ3v) is 4.67. The SMILES string of the molecule is CC(=O)N1CCC[C@H](C(=O)NNC(=O)CN2C(=O)COc3ccccc32)C1. The Hall–Kier alpha value is -3.10. The monoisotopic (exact) mass is 374 g/mol. The highest BCUT2D eigenvalue weighted by molar-refractivity contribution is 6.02. The van der Waals surface area contributed by atoms with E-state index >= 15 is 0 Å². The lowest BCUT2D eigenvalue weighted by atomic mass is 9.97. The normalized spacial score (nSPS) is 19.0. The number of nitrogens with zero attached hydrogens (tertiary/aromatic N) is 2. The largest absolute Gasteiger partial charge is 0.482 e. The van der Waals surface area contributed by atoms with Gasteiger partial charge in [-0.05, 0) is 25.0 Å². The van der Waals surface area contributed by atoms with E-state index in [0.717, 1.165) is 6.42 Å². The van der Waals surface area contributed by atoms with Gasteiger partial charge in [0.2, 0.25) is 11.8 Å². The summed E-state index contributed by atoms with van der Waals surface area (Å²) in [5, 5.41) is 0. The number of amides is 4. The number of benzene rings is 1. The maximum atomic E-state index is 12.3. The first-order valence-corrected chi connectivity index (χ1v) is 8.82. The first kappa shape index (κ1) is 18.7. The molecule has 144 valence electrons. The van der Waals surface area contributed by atoms with Crippen molar-refractivity contribution in [3.8, 4) is 5.75 Å². The minimum atomic E-state index is -0.521. The van der Waals surface area contributed by atoms with Gasteiger partial charge in [0.05, 0.1) is 11.6 Å². The van der Waals surface area contributed by atoms with Crippen molar-refractivity contribution in [2.24, 2.45) is 5.92 Å². The first-order chi connectivity index (χ1) is 13.0. The molecule has 0 aliphatic carbocycles. The van der Waals surface area contributed by atoms with Crippen molar-refractivity contribution < 1.29 is 23.9 Å². The summed E-state index contributed by atoms with van der Waals surface area (Å²) in [6.45, 7) is 2.08. The number of carbonyl (C=O) groups is 4. The number of anilines is 1. The van der Waals surface area contributed by atoms with Crippen LogP contribution in [0.4, 0.5) is 5.69 Å². The third-order valence-electron chi connectivity index (χ3n) is 4.67. The highest BCUT2D eigenvalue weighted by Crippen LogP contribution is 2.31. The van der Waals surface area contributed by atoms with Gasteiger partial charge in [-0.15, -0.1) is 0 Å². The van der Waals surface area contributed by atoms with Gasteiger partial charge >= 0.3 is 0 Å². The van der Waals surface area contributed by atoms with Gasteiger partial charge in [0.15, 0.2) is 6.61 Å². The van der Waals surface area contributed by atoms with Crippen LogP contribution in [0.2, 0.25) is 0 Å². The van der Waals surface area contributed by atoms with Crippen molar-refractivity contribution >= 4 is 29.3 Å². The second-order valence-corrected chi connectivity index (χ2v) is 6.58. The van der Waals surface area contributed by atoms with E-state index in [4.69, 9.17) is 4.74 Å². The van der Waals surface area contributed by atoms with Crippen molar-refractivity contribution in [3.05, 3.63) is 24.3 Å². The van der Waals surface area contributed by atoms with E-state index in [1.807, 2.05) is 0 Å². The third kappa shape index (κ3) is 4.36. The molecule has 9 nitrogen and oxygen atoms in total. The molecule has 9 heteroatoms. The van der Waals surface area contributed by atoms with Gasteiger partial charge in [0, 0.05) is 20.0 Å². The highest BCUT2D eigenvalue weighted by Gasteiger charge is 2.29. The molecule has 1 atom stereocenters.